The summed E-state index contributed by atoms with van der Waals surface area (Å²) >= 11 is 0. The van der Waals surface area contributed by atoms with Gasteiger partial charge in [0.2, 0.25) is 0 Å². The summed E-state index contributed by atoms with van der Waals surface area (Å²) in [5.74, 6) is 0.564. The van der Waals surface area contributed by atoms with Gasteiger partial charge in [0.1, 0.15) is 17.8 Å². The molecule has 6 nitrogen and oxygen atoms in total. The molecule has 0 saturated carbocycles. The Morgan fingerprint density at radius 2 is 2.12 bits per heavy atom. The summed E-state index contributed by atoms with van der Waals surface area (Å²) in [6.07, 6.45) is 10.6. The van der Waals surface area contributed by atoms with Gasteiger partial charge < -0.3 is 15.5 Å². The first-order valence-corrected chi connectivity index (χ1v) is 8.82. The number of nitrogens with zero attached hydrogens (tertiary/aromatic N) is 3. The second-order valence-corrected chi connectivity index (χ2v) is 6.49. The zero-order chi connectivity index (χ0) is 17.2. The largest absolute Gasteiger partial charge is 0.370 e. The van der Waals surface area contributed by atoms with Gasteiger partial charge in [0.25, 0.3) is 5.91 Å². The lowest BCUT2D eigenvalue weighted by atomic mass is 9.97. The lowest BCUT2D eigenvalue weighted by Gasteiger charge is -2.13. The summed E-state index contributed by atoms with van der Waals surface area (Å²) in [6, 6.07) is 1.71. The van der Waals surface area contributed by atoms with Gasteiger partial charge in [-0.1, -0.05) is 11.6 Å². The van der Waals surface area contributed by atoms with Crippen molar-refractivity contribution in [3.8, 4) is 0 Å². The van der Waals surface area contributed by atoms with E-state index in [1.54, 1.807) is 6.07 Å². The quantitative estimate of drug-likeness (QED) is 0.537. The number of nitrogens with one attached hydrogen (secondary N) is 2. The molecule has 0 saturated heterocycles. The second kappa shape index (κ2) is 10.0. The van der Waals surface area contributed by atoms with Gasteiger partial charge in [-0.2, -0.15) is 0 Å². The zero-order valence-electron chi connectivity index (χ0n) is 14.8. The maximum atomic E-state index is 12.2. The zero-order valence-corrected chi connectivity index (χ0v) is 14.8. The predicted octanol–water partition coefficient (Wildman–Crippen LogP) is 2.46. The highest BCUT2D eigenvalue weighted by Gasteiger charge is 2.09. The summed E-state index contributed by atoms with van der Waals surface area (Å²) in [5, 5.41) is 6.19. The fourth-order valence-corrected chi connectivity index (χ4v) is 2.75. The maximum Gasteiger partial charge on any atom is 0.270 e. The number of hydrogen-bond donors (Lipinski definition) is 2. The molecule has 24 heavy (non-hydrogen) atoms. The van der Waals surface area contributed by atoms with E-state index >= 15 is 0 Å². The molecule has 132 valence electrons. The van der Waals surface area contributed by atoms with Gasteiger partial charge in [-0.25, -0.2) is 9.97 Å². The lowest BCUT2D eigenvalue weighted by molar-refractivity contribution is 0.0949. The molecule has 1 aliphatic rings. The van der Waals surface area contributed by atoms with Crippen molar-refractivity contribution in [2.75, 3.05) is 39.0 Å². The summed E-state index contributed by atoms with van der Waals surface area (Å²) in [4.78, 5) is 22.6. The molecule has 6 heteroatoms. The van der Waals surface area contributed by atoms with Crippen LogP contribution in [0.4, 0.5) is 5.82 Å². The molecule has 1 aliphatic carbocycles. The van der Waals surface area contributed by atoms with Crippen LogP contribution in [-0.2, 0) is 0 Å². The van der Waals surface area contributed by atoms with E-state index in [1.807, 2.05) is 0 Å². The Bertz CT molecular complexity index is 556. The first-order chi connectivity index (χ1) is 11.6. The number of carbonyl (C=O) groups is 1. The molecule has 0 aromatic carbocycles. The van der Waals surface area contributed by atoms with Gasteiger partial charge in [0.15, 0.2) is 0 Å². The van der Waals surface area contributed by atoms with E-state index in [1.165, 1.54) is 37.6 Å². The van der Waals surface area contributed by atoms with E-state index in [2.05, 4.69) is 45.7 Å². The molecule has 1 aromatic rings. The monoisotopic (exact) mass is 331 g/mol. The molecule has 0 unspecified atom stereocenters. The third kappa shape index (κ3) is 6.66. The summed E-state index contributed by atoms with van der Waals surface area (Å²) in [5.41, 5.74) is 1.88. The van der Waals surface area contributed by atoms with Gasteiger partial charge in [0, 0.05) is 19.2 Å². The Balaban J connectivity index is 1.75. The molecule has 0 atom stereocenters. The smallest absolute Gasteiger partial charge is 0.270 e. The standard InChI is InChI=1S/C18H29N5O/c1-23(2)12-6-10-19-17-13-16(21-14-22-17)18(24)20-11-9-15-7-4-3-5-8-15/h7,13-14H,3-6,8-12H2,1-2H3,(H,20,24)(H,19,21,22). The summed E-state index contributed by atoms with van der Waals surface area (Å²) < 4.78 is 0. The van der Waals surface area contributed by atoms with Crippen molar-refractivity contribution in [2.45, 2.75) is 38.5 Å². The summed E-state index contributed by atoms with van der Waals surface area (Å²) in [7, 11) is 4.10. The van der Waals surface area contributed by atoms with Gasteiger partial charge in [0.05, 0.1) is 0 Å². The third-order valence-corrected chi connectivity index (χ3v) is 4.10. The molecule has 2 N–H and O–H groups in total. The number of allylic oxidation sites excluding steroid dienone is 1. The first kappa shape index (κ1) is 18.4. The van der Waals surface area contributed by atoms with Crippen molar-refractivity contribution in [3.05, 3.63) is 29.7 Å². The Kier molecular flexibility index (Phi) is 7.68. The Labute approximate surface area is 144 Å². The van der Waals surface area contributed by atoms with E-state index in [0.29, 0.717) is 18.1 Å². The van der Waals surface area contributed by atoms with Crippen LogP contribution in [0.2, 0.25) is 0 Å². The number of aromatic nitrogens is 2. The molecule has 0 fully saturated rings. The molecule has 1 amide bonds. The minimum absolute atomic E-state index is 0.134. The van der Waals surface area contributed by atoms with Crippen molar-refractivity contribution in [1.82, 2.24) is 20.2 Å². The van der Waals surface area contributed by atoms with Crippen LogP contribution in [0.1, 0.15) is 49.0 Å². The van der Waals surface area contributed by atoms with Crippen molar-refractivity contribution in [3.63, 3.8) is 0 Å². The molecule has 1 aromatic heterocycles. The van der Waals surface area contributed by atoms with E-state index in [-0.39, 0.29) is 5.91 Å². The van der Waals surface area contributed by atoms with E-state index in [4.69, 9.17) is 0 Å². The van der Waals surface area contributed by atoms with E-state index in [9.17, 15) is 4.79 Å². The number of anilines is 1. The van der Waals surface area contributed by atoms with Crippen LogP contribution in [0.5, 0.6) is 0 Å². The second-order valence-electron chi connectivity index (χ2n) is 6.49. The molecule has 0 spiro atoms. The fourth-order valence-electron chi connectivity index (χ4n) is 2.75. The van der Waals surface area contributed by atoms with Gasteiger partial charge in [-0.15, -0.1) is 0 Å². The number of rotatable bonds is 9. The third-order valence-electron chi connectivity index (χ3n) is 4.10. The molecule has 0 aliphatic heterocycles. The predicted molar refractivity (Wildman–Crippen MR) is 97.2 cm³/mol. The Hall–Kier alpha value is -1.95. The average molecular weight is 331 g/mol. The molecular weight excluding hydrogens is 302 g/mol. The molecule has 1 heterocycles. The van der Waals surface area contributed by atoms with Crippen molar-refractivity contribution >= 4 is 11.7 Å². The van der Waals surface area contributed by atoms with Crippen molar-refractivity contribution in [2.24, 2.45) is 0 Å². The topological polar surface area (TPSA) is 70.2 Å². The average Bonchev–Trinajstić information content (AvgIpc) is 2.60. The molecular formula is C18H29N5O. The van der Waals surface area contributed by atoms with Crippen LogP contribution in [0.25, 0.3) is 0 Å². The van der Waals surface area contributed by atoms with Crippen LogP contribution >= 0.6 is 0 Å². The normalized spacial score (nSPS) is 14.4. The first-order valence-electron chi connectivity index (χ1n) is 8.82. The molecule has 0 bridgehead atoms. The van der Waals surface area contributed by atoms with Gasteiger partial charge in [-0.05, 0) is 59.2 Å². The number of amides is 1. The van der Waals surface area contributed by atoms with Crippen LogP contribution in [0, 0.1) is 0 Å². The SMILES string of the molecule is CN(C)CCCNc1cc(C(=O)NCCC2=CCCCC2)ncn1. The van der Waals surface area contributed by atoms with Crippen LogP contribution in [-0.4, -0.2) is 54.5 Å². The highest BCUT2D eigenvalue weighted by atomic mass is 16.1. The highest BCUT2D eigenvalue weighted by Crippen LogP contribution is 2.19. The molecule has 0 radical (unpaired) electrons. The van der Waals surface area contributed by atoms with Crippen molar-refractivity contribution < 1.29 is 4.79 Å². The number of carbonyl (C=O) groups excluding carboxylic acids is 1. The van der Waals surface area contributed by atoms with Crippen LogP contribution in [0.15, 0.2) is 24.0 Å². The molecule has 2 rings (SSSR count). The fraction of sp³-hybridized carbons (Fsp3) is 0.611. The minimum Gasteiger partial charge on any atom is -0.370 e. The van der Waals surface area contributed by atoms with Crippen LogP contribution in [0.3, 0.4) is 0 Å². The Morgan fingerprint density at radius 3 is 2.88 bits per heavy atom. The van der Waals surface area contributed by atoms with Crippen molar-refractivity contribution in [1.29, 1.82) is 0 Å². The summed E-state index contributed by atoms with van der Waals surface area (Å²) in [6.45, 7) is 2.51. The van der Waals surface area contributed by atoms with Gasteiger partial charge in [-0.3, -0.25) is 4.79 Å². The maximum absolute atomic E-state index is 12.2. The minimum atomic E-state index is -0.134. The van der Waals surface area contributed by atoms with Crippen LogP contribution < -0.4 is 10.6 Å². The Morgan fingerprint density at radius 1 is 1.25 bits per heavy atom. The highest BCUT2D eigenvalue weighted by molar-refractivity contribution is 5.92. The van der Waals surface area contributed by atoms with E-state index in [0.717, 1.165) is 25.9 Å². The lowest BCUT2D eigenvalue weighted by Crippen LogP contribution is -2.26. The van der Waals surface area contributed by atoms with E-state index < -0.39 is 0 Å². The van der Waals surface area contributed by atoms with Gasteiger partial charge >= 0.3 is 0 Å². The number of hydrogen-bond acceptors (Lipinski definition) is 5.